The predicted molar refractivity (Wildman–Crippen MR) is 51.7 cm³/mol. The Bertz CT molecular complexity index is 366. The highest BCUT2D eigenvalue weighted by Gasteiger charge is 2.33. The Balaban J connectivity index is 2.22. The summed E-state index contributed by atoms with van der Waals surface area (Å²) in [5, 5.41) is 8.92. The highest BCUT2D eigenvalue weighted by molar-refractivity contribution is 5.75. The number of benzene rings is 1. The number of carboxylic acids is 1. The second-order valence-corrected chi connectivity index (χ2v) is 3.50. The van der Waals surface area contributed by atoms with Crippen LogP contribution in [0.4, 0.5) is 4.39 Å². The molecule has 0 bridgehead atoms. The molecule has 2 atom stereocenters. The molecule has 1 aliphatic rings. The maximum absolute atomic E-state index is 12.7. The smallest absolute Gasteiger partial charge is 0.322 e. The van der Waals surface area contributed by atoms with Gasteiger partial charge < -0.3 is 5.11 Å². The molecule has 4 nitrogen and oxygen atoms in total. The lowest BCUT2D eigenvalue weighted by Gasteiger charge is -2.14. The SMILES string of the molecule is O=C(O)C1NNCC1c1ccc(F)cc1. The van der Waals surface area contributed by atoms with Crippen molar-refractivity contribution in [2.45, 2.75) is 12.0 Å². The summed E-state index contributed by atoms with van der Waals surface area (Å²) in [5.41, 5.74) is 6.29. The monoisotopic (exact) mass is 210 g/mol. The third-order valence-electron chi connectivity index (χ3n) is 2.55. The molecular formula is C10H11FN2O2. The molecule has 5 heteroatoms. The molecule has 0 saturated carbocycles. The van der Waals surface area contributed by atoms with E-state index in [9.17, 15) is 9.18 Å². The predicted octanol–water partition coefficient (Wildman–Crippen LogP) is 0.470. The van der Waals surface area contributed by atoms with Crippen LogP contribution < -0.4 is 10.9 Å². The first-order chi connectivity index (χ1) is 7.18. The second-order valence-electron chi connectivity index (χ2n) is 3.50. The van der Waals surface area contributed by atoms with Crippen molar-refractivity contribution in [1.29, 1.82) is 0 Å². The zero-order valence-electron chi connectivity index (χ0n) is 7.90. The van der Waals surface area contributed by atoms with E-state index in [1.165, 1.54) is 12.1 Å². The van der Waals surface area contributed by atoms with Crippen molar-refractivity contribution < 1.29 is 14.3 Å². The lowest BCUT2D eigenvalue weighted by molar-refractivity contribution is -0.139. The van der Waals surface area contributed by atoms with Gasteiger partial charge in [0.05, 0.1) is 0 Å². The van der Waals surface area contributed by atoms with Crippen LogP contribution in [0.2, 0.25) is 0 Å². The first-order valence-corrected chi connectivity index (χ1v) is 4.65. The van der Waals surface area contributed by atoms with Gasteiger partial charge in [-0.05, 0) is 17.7 Å². The van der Waals surface area contributed by atoms with Gasteiger partial charge in [0.15, 0.2) is 0 Å². The summed E-state index contributed by atoms with van der Waals surface area (Å²) in [4.78, 5) is 10.9. The largest absolute Gasteiger partial charge is 0.480 e. The molecule has 1 aliphatic heterocycles. The van der Waals surface area contributed by atoms with Crippen LogP contribution in [0.25, 0.3) is 0 Å². The van der Waals surface area contributed by atoms with Gasteiger partial charge in [-0.15, -0.1) is 0 Å². The fourth-order valence-electron chi connectivity index (χ4n) is 1.75. The summed E-state index contributed by atoms with van der Waals surface area (Å²) in [5.74, 6) is -1.39. The Hall–Kier alpha value is -1.46. The Morgan fingerprint density at radius 1 is 1.40 bits per heavy atom. The summed E-state index contributed by atoms with van der Waals surface area (Å²) >= 11 is 0. The van der Waals surface area contributed by atoms with E-state index in [2.05, 4.69) is 10.9 Å². The molecular weight excluding hydrogens is 199 g/mol. The number of hydrazine groups is 1. The van der Waals surface area contributed by atoms with Gasteiger partial charge in [-0.2, -0.15) is 0 Å². The van der Waals surface area contributed by atoms with E-state index in [-0.39, 0.29) is 11.7 Å². The van der Waals surface area contributed by atoms with E-state index in [0.29, 0.717) is 6.54 Å². The number of halogens is 1. The fraction of sp³-hybridized carbons (Fsp3) is 0.300. The topological polar surface area (TPSA) is 61.4 Å². The van der Waals surface area contributed by atoms with Crippen molar-refractivity contribution in [3.05, 3.63) is 35.6 Å². The summed E-state index contributed by atoms with van der Waals surface area (Å²) < 4.78 is 12.7. The Kier molecular flexibility index (Phi) is 2.66. The highest BCUT2D eigenvalue weighted by atomic mass is 19.1. The zero-order valence-corrected chi connectivity index (χ0v) is 7.90. The van der Waals surface area contributed by atoms with Crippen LogP contribution in [0.3, 0.4) is 0 Å². The van der Waals surface area contributed by atoms with Gasteiger partial charge in [-0.3, -0.25) is 10.2 Å². The minimum atomic E-state index is -0.908. The lowest BCUT2D eigenvalue weighted by atomic mass is 9.93. The zero-order chi connectivity index (χ0) is 10.8. The summed E-state index contributed by atoms with van der Waals surface area (Å²) in [6, 6.07) is 5.25. The molecule has 2 rings (SSSR count). The van der Waals surface area contributed by atoms with E-state index in [4.69, 9.17) is 5.11 Å². The van der Waals surface area contributed by atoms with Crippen molar-refractivity contribution in [1.82, 2.24) is 10.9 Å². The number of aliphatic carboxylic acids is 1. The van der Waals surface area contributed by atoms with Gasteiger partial charge in [0, 0.05) is 12.5 Å². The number of hydrogen-bond acceptors (Lipinski definition) is 3. The molecule has 80 valence electrons. The van der Waals surface area contributed by atoms with Gasteiger partial charge in [0.1, 0.15) is 11.9 Å². The van der Waals surface area contributed by atoms with Crippen molar-refractivity contribution in [3.63, 3.8) is 0 Å². The number of carboxylic acid groups (broad SMARTS) is 1. The second kappa shape index (κ2) is 3.96. The quantitative estimate of drug-likeness (QED) is 0.664. The van der Waals surface area contributed by atoms with Crippen LogP contribution in [0.5, 0.6) is 0 Å². The van der Waals surface area contributed by atoms with Crippen LogP contribution in [-0.2, 0) is 4.79 Å². The Morgan fingerprint density at radius 2 is 2.07 bits per heavy atom. The van der Waals surface area contributed by atoms with Gasteiger partial charge >= 0.3 is 5.97 Å². The van der Waals surface area contributed by atoms with Crippen molar-refractivity contribution >= 4 is 5.97 Å². The average molecular weight is 210 g/mol. The number of hydrogen-bond donors (Lipinski definition) is 3. The number of rotatable bonds is 2. The molecule has 2 unspecified atom stereocenters. The highest BCUT2D eigenvalue weighted by Crippen LogP contribution is 2.22. The lowest BCUT2D eigenvalue weighted by Crippen LogP contribution is -2.37. The van der Waals surface area contributed by atoms with Crippen molar-refractivity contribution in [3.8, 4) is 0 Å². The molecule has 1 fully saturated rings. The summed E-state index contributed by atoms with van der Waals surface area (Å²) in [7, 11) is 0. The van der Waals surface area contributed by atoms with Crippen molar-refractivity contribution in [2.24, 2.45) is 0 Å². The van der Waals surface area contributed by atoms with E-state index in [1.807, 2.05) is 0 Å². The molecule has 1 heterocycles. The molecule has 3 N–H and O–H groups in total. The third-order valence-corrected chi connectivity index (χ3v) is 2.55. The maximum Gasteiger partial charge on any atom is 0.322 e. The minimum absolute atomic E-state index is 0.164. The van der Waals surface area contributed by atoms with Crippen LogP contribution in [-0.4, -0.2) is 23.7 Å². The average Bonchev–Trinajstić information content (AvgIpc) is 2.67. The first-order valence-electron chi connectivity index (χ1n) is 4.65. The molecule has 1 aromatic rings. The number of nitrogens with one attached hydrogen (secondary N) is 2. The van der Waals surface area contributed by atoms with E-state index in [0.717, 1.165) is 5.56 Å². The van der Waals surface area contributed by atoms with Crippen LogP contribution >= 0.6 is 0 Å². The van der Waals surface area contributed by atoms with Gasteiger partial charge in [-0.25, -0.2) is 9.82 Å². The fourth-order valence-corrected chi connectivity index (χ4v) is 1.75. The van der Waals surface area contributed by atoms with E-state index in [1.54, 1.807) is 12.1 Å². The molecule has 1 aromatic carbocycles. The van der Waals surface area contributed by atoms with Crippen LogP contribution in [0.1, 0.15) is 11.5 Å². The Labute approximate surface area is 86.1 Å². The van der Waals surface area contributed by atoms with Crippen LogP contribution in [0, 0.1) is 5.82 Å². The molecule has 0 radical (unpaired) electrons. The van der Waals surface area contributed by atoms with Crippen molar-refractivity contribution in [2.75, 3.05) is 6.54 Å². The summed E-state index contributed by atoms with van der Waals surface area (Å²) in [6.45, 7) is 0.530. The minimum Gasteiger partial charge on any atom is -0.480 e. The molecule has 0 aliphatic carbocycles. The van der Waals surface area contributed by atoms with Gasteiger partial charge in [-0.1, -0.05) is 12.1 Å². The normalized spacial score (nSPS) is 25.4. The molecule has 0 amide bonds. The van der Waals surface area contributed by atoms with Crippen LogP contribution in [0.15, 0.2) is 24.3 Å². The Morgan fingerprint density at radius 3 is 2.67 bits per heavy atom. The molecule has 1 saturated heterocycles. The maximum atomic E-state index is 12.7. The van der Waals surface area contributed by atoms with E-state index < -0.39 is 12.0 Å². The number of carbonyl (C=O) groups is 1. The summed E-state index contributed by atoms with van der Waals surface area (Å²) in [6.07, 6.45) is 0. The van der Waals surface area contributed by atoms with Gasteiger partial charge in [0.25, 0.3) is 0 Å². The van der Waals surface area contributed by atoms with Gasteiger partial charge in [0.2, 0.25) is 0 Å². The first kappa shape index (κ1) is 10.1. The standard InChI is InChI=1S/C10H11FN2O2/c11-7-3-1-6(2-4-7)8-5-12-13-9(8)10(14)15/h1-4,8-9,12-13H,5H2,(H,14,15). The molecule has 0 spiro atoms. The molecule has 15 heavy (non-hydrogen) atoms. The third kappa shape index (κ3) is 1.98. The van der Waals surface area contributed by atoms with E-state index >= 15 is 0 Å². The molecule has 0 aromatic heterocycles.